The third-order valence-electron chi connectivity index (χ3n) is 5.12. The maximum Gasteiger partial charge on any atom is 0.255 e. The molecule has 0 saturated heterocycles. The van der Waals surface area contributed by atoms with Crippen molar-refractivity contribution in [3.63, 3.8) is 0 Å². The summed E-state index contributed by atoms with van der Waals surface area (Å²) in [6.07, 6.45) is 5.09. The number of fused-ring (bicyclic) bond motifs is 1. The molecule has 0 saturated carbocycles. The van der Waals surface area contributed by atoms with E-state index in [4.69, 9.17) is 16.3 Å². The lowest BCUT2D eigenvalue weighted by Crippen LogP contribution is -2.38. The van der Waals surface area contributed by atoms with Gasteiger partial charge in [0.05, 0.1) is 42.2 Å². The third-order valence-corrected chi connectivity index (χ3v) is 5.35. The molecule has 0 fully saturated rings. The molecule has 1 amide bonds. The van der Waals surface area contributed by atoms with E-state index in [1.54, 1.807) is 12.3 Å². The van der Waals surface area contributed by atoms with Crippen LogP contribution in [0.1, 0.15) is 23.7 Å². The van der Waals surface area contributed by atoms with Crippen LogP contribution < -0.4 is 15.0 Å². The molecule has 2 aromatic heterocycles. The van der Waals surface area contributed by atoms with Crippen LogP contribution >= 0.6 is 11.6 Å². The van der Waals surface area contributed by atoms with E-state index in [-0.39, 0.29) is 29.9 Å². The number of ether oxygens (including phenoxy) is 1. The van der Waals surface area contributed by atoms with Crippen molar-refractivity contribution in [2.75, 3.05) is 24.7 Å². The molecule has 2 N–H and O–H groups in total. The standard InChI is InChI=1S/C22H21ClFN5O3/c1-2-14(12-30)27-22(31)16-10-25-6-5-18(16)29-7-8-32-19-11-26-20(28-21(19)29)15-9-13(23)3-4-17(15)24/h3-6,9-11,14,30H,2,7-8,12H2,1H3,(H,27,31). The number of pyridine rings is 1. The minimum atomic E-state index is -0.504. The van der Waals surface area contributed by atoms with Gasteiger partial charge >= 0.3 is 0 Å². The van der Waals surface area contributed by atoms with Gasteiger partial charge in [0, 0.05) is 17.4 Å². The van der Waals surface area contributed by atoms with Crippen LogP contribution in [0.3, 0.4) is 0 Å². The highest BCUT2D eigenvalue weighted by Crippen LogP contribution is 2.37. The Hall–Kier alpha value is -3.30. The van der Waals surface area contributed by atoms with Gasteiger partial charge in [-0.3, -0.25) is 9.78 Å². The number of carbonyl (C=O) groups is 1. The third kappa shape index (κ3) is 4.35. The van der Waals surface area contributed by atoms with Gasteiger partial charge in [0.15, 0.2) is 17.4 Å². The zero-order chi connectivity index (χ0) is 22.7. The Labute approximate surface area is 189 Å². The summed E-state index contributed by atoms with van der Waals surface area (Å²) in [6, 6.07) is 5.49. The quantitative estimate of drug-likeness (QED) is 0.585. The van der Waals surface area contributed by atoms with Crippen molar-refractivity contribution in [2.45, 2.75) is 19.4 Å². The first-order chi connectivity index (χ1) is 15.5. The number of hydrogen-bond donors (Lipinski definition) is 2. The summed E-state index contributed by atoms with van der Waals surface area (Å²) < 4.78 is 20.1. The molecule has 1 aromatic carbocycles. The summed E-state index contributed by atoms with van der Waals surface area (Å²) in [5, 5.41) is 12.6. The number of carbonyl (C=O) groups excluding carboxylic acids is 1. The molecule has 3 aromatic rings. The highest BCUT2D eigenvalue weighted by Gasteiger charge is 2.27. The van der Waals surface area contributed by atoms with E-state index < -0.39 is 5.82 Å². The minimum absolute atomic E-state index is 0.144. The average molecular weight is 458 g/mol. The monoisotopic (exact) mass is 457 g/mol. The first-order valence-electron chi connectivity index (χ1n) is 10.1. The molecule has 0 aliphatic carbocycles. The lowest BCUT2D eigenvalue weighted by Gasteiger charge is -2.31. The van der Waals surface area contributed by atoms with Crippen molar-refractivity contribution in [3.8, 4) is 17.1 Å². The SMILES string of the molecule is CCC(CO)NC(=O)c1cnccc1N1CCOc2cnc(-c3cc(Cl)ccc3F)nc21. The zero-order valence-electron chi connectivity index (χ0n) is 17.3. The maximum atomic E-state index is 14.4. The van der Waals surface area contributed by atoms with Crippen LogP contribution in [0.2, 0.25) is 5.02 Å². The van der Waals surface area contributed by atoms with Crippen LogP contribution in [0, 0.1) is 5.82 Å². The molecule has 0 spiro atoms. The molecule has 1 atom stereocenters. The zero-order valence-corrected chi connectivity index (χ0v) is 18.0. The van der Waals surface area contributed by atoms with Crippen molar-refractivity contribution >= 4 is 29.0 Å². The number of aliphatic hydroxyl groups is 1. The average Bonchev–Trinajstić information content (AvgIpc) is 2.83. The van der Waals surface area contributed by atoms with Crippen LogP contribution in [0.5, 0.6) is 5.75 Å². The number of nitrogens with one attached hydrogen (secondary N) is 1. The maximum absolute atomic E-state index is 14.4. The fourth-order valence-corrected chi connectivity index (χ4v) is 3.55. The van der Waals surface area contributed by atoms with Crippen molar-refractivity contribution in [3.05, 3.63) is 59.3 Å². The van der Waals surface area contributed by atoms with Gasteiger partial charge in [0.1, 0.15) is 12.4 Å². The van der Waals surface area contributed by atoms with Gasteiger partial charge in [-0.2, -0.15) is 0 Å². The van der Waals surface area contributed by atoms with Gasteiger partial charge in [0.25, 0.3) is 5.91 Å². The number of nitrogens with zero attached hydrogens (tertiary/aromatic N) is 4. The van der Waals surface area contributed by atoms with E-state index in [9.17, 15) is 14.3 Å². The Bertz CT molecular complexity index is 1140. The van der Waals surface area contributed by atoms with Gasteiger partial charge in [-0.15, -0.1) is 0 Å². The highest BCUT2D eigenvalue weighted by atomic mass is 35.5. The van der Waals surface area contributed by atoms with Crippen LogP contribution in [-0.2, 0) is 0 Å². The van der Waals surface area contributed by atoms with Gasteiger partial charge in [-0.25, -0.2) is 14.4 Å². The van der Waals surface area contributed by atoms with Crippen LogP contribution in [0.15, 0.2) is 42.9 Å². The van der Waals surface area contributed by atoms with E-state index in [1.807, 2.05) is 11.8 Å². The van der Waals surface area contributed by atoms with Crippen molar-refractivity contribution < 1.29 is 19.0 Å². The van der Waals surface area contributed by atoms with Crippen LogP contribution in [-0.4, -0.2) is 51.8 Å². The minimum Gasteiger partial charge on any atom is -0.486 e. The van der Waals surface area contributed by atoms with Crippen LogP contribution in [0.25, 0.3) is 11.4 Å². The second-order valence-electron chi connectivity index (χ2n) is 7.16. The summed E-state index contributed by atoms with van der Waals surface area (Å²) in [6.45, 7) is 2.46. The van der Waals surface area contributed by atoms with Gasteiger partial charge in [-0.1, -0.05) is 18.5 Å². The number of halogens is 2. The van der Waals surface area contributed by atoms with E-state index in [1.165, 1.54) is 30.6 Å². The van der Waals surface area contributed by atoms with Gasteiger partial charge in [0.2, 0.25) is 0 Å². The topological polar surface area (TPSA) is 100 Å². The number of amides is 1. The summed E-state index contributed by atoms with van der Waals surface area (Å²) >= 11 is 6.03. The van der Waals surface area contributed by atoms with Crippen LogP contribution in [0.4, 0.5) is 15.9 Å². The molecular weight excluding hydrogens is 437 g/mol. The van der Waals surface area contributed by atoms with E-state index in [2.05, 4.69) is 20.3 Å². The number of rotatable bonds is 6. The number of aromatic nitrogens is 3. The molecule has 166 valence electrons. The fraction of sp³-hybridized carbons (Fsp3) is 0.273. The smallest absolute Gasteiger partial charge is 0.255 e. The number of aliphatic hydroxyl groups excluding tert-OH is 1. The molecule has 0 bridgehead atoms. The second-order valence-corrected chi connectivity index (χ2v) is 7.60. The Morgan fingerprint density at radius 3 is 3.00 bits per heavy atom. The first-order valence-corrected chi connectivity index (χ1v) is 10.5. The van der Waals surface area contributed by atoms with E-state index >= 15 is 0 Å². The van der Waals surface area contributed by atoms with Gasteiger partial charge in [-0.05, 0) is 30.7 Å². The van der Waals surface area contributed by atoms with E-state index in [0.717, 1.165) is 0 Å². The molecule has 1 aliphatic heterocycles. The number of anilines is 2. The largest absolute Gasteiger partial charge is 0.486 e. The highest BCUT2D eigenvalue weighted by molar-refractivity contribution is 6.30. The second kappa shape index (κ2) is 9.46. The lowest BCUT2D eigenvalue weighted by molar-refractivity contribution is 0.0915. The summed E-state index contributed by atoms with van der Waals surface area (Å²) in [7, 11) is 0. The molecule has 4 rings (SSSR count). The normalized spacial score (nSPS) is 13.8. The summed E-state index contributed by atoms with van der Waals surface area (Å²) in [4.78, 5) is 27.6. The van der Waals surface area contributed by atoms with Crippen molar-refractivity contribution in [2.24, 2.45) is 0 Å². The van der Waals surface area contributed by atoms with Crippen molar-refractivity contribution in [1.29, 1.82) is 0 Å². The van der Waals surface area contributed by atoms with Crippen molar-refractivity contribution in [1.82, 2.24) is 20.3 Å². The molecule has 1 aliphatic rings. The number of hydrogen-bond acceptors (Lipinski definition) is 7. The Morgan fingerprint density at radius 2 is 2.22 bits per heavy atom. The first kappa shape index (κ1) is 21.9. The molecule has 8 nitrogen and oxygen atoms in total. The molecule has 0 radical (unpaired) electrons. The Morgan fingerprint density at radius 1 is 1.38 bits per heavy atom. The Kier molecular flexibility index (Phi) is 6.48. The summed E-state index contributed by atoms with van der Waals surface area (Å²) in [5.41, 5.74) is 1.04. The predicted octanol–water partition coefficient (Wildman–Crippen LogP) is 3.36. The van der Waals surface area contributed by atoms with Gasteiger partial charge < -0.3 is 20.1 Å². The Balaban J connectivity index is 1.75. The molecular formula is C22H21ClFN5O3. The van der Waals surface area contributed by atoms with E-state index in [0.29, 0.717) is 47.4 Å². The molecule has 32 heavy (non-hydrogen) atoms. The predicted molar refractivity (Wildman–Crippen MR) is 118 cm³/mol. The molecule has 3 heterocycles. The summed E-state index contributed by atoms with van der Waals surface area (Å²) in [5.74, 6) is 0.0848. The fourth-order valence-electron chi connectivity index (χ4n) is 3.38. The number of benzene rings is 1. The lowest BCUT2D eigenvalue weighted by atomic mass is 10.1. The molecule has 1 unspecified atom stereocenters. The molecule has 10 heteroatoms.